The Labute approximate surface area is 426 Å². The van der Waals surface area contributed by atoms with Gasteiger partial charge in [0.25, 0.3) is 0 Å². The van der Waals surface area contributed by atoms with Crippen molar-refractivity contribution in [3.63, 3.8) is 0 Å². The van der Waals surface area contributed by atoms with Crippen LogP contribution in [-0.4, -0.2) is 162 Å². The Morgan fingerprint density at radius 2 is 0.881 bits per heavy atom. The summed E-state index contributed by atoms with van der Waals surface area (Å²) in [4.78, 5) is 54.8. The molecule has 0 radical (unpaired) electrons. The van der Waals surface area contributed by atoms with E-state index < -0.39 is 11.9 Å². The second-order valence-electron chi connectivity index (χ2n) is 16.8. The summed E-state index contributed by atoms with van der Waals surface area (Å²) in [6.45, 7) is 12.9. The molecule has 16 nitrogen and oxygen atoms in total. The van der Waals surface area contributed by atoms with Crippen molar-refractivity contribution in [3.8, 4) is 5.75 Å². The van der Waals surface area contributed by atoms with Gasteiger partial charge in [-0.2, -0.15) is 0 Å². The Morgan fingerprint density at radius 1 is 0.522 bits per heavy atom. The van der Waals surface area contributed by atoms with Crippen LogP contribution in [0.3, 0.4) is 0 Å². The van der Waals surface area contributed by atoms with Crippen molar-refractivity contribution in [2.24, 2.45) is 0 Å². The molecule has 0 aliphatic carbocycles. The van der Waals surface area contributed by atoms with Crippen molar-refractivity contribution in [2.45, 2.75) is 45.7 Å². The van der Waals surface area contributed by atoms with E-state index in [9.17, 15) is 24.9 Å². The first-order valence-electron chi connectivity index (χ1n) is 22.6. The molecule has 358 valence electrons. The van der Waals surface area contributed by atoms with Gasteiger partial charge >= 0.3 is 11.9 Å². The van der Waals surface area contributed by atoms with Crippen molar-refractivity contribution in [3.05, 3.63) is 162 Å². The second-order valence-corrected chi connectivity index (χ2v) is 16.8. The zero-order valence-corrected chi connectivity index (χ0v) is 40.5. The maximum absolute atomic E-state index is 11.8. The SMILES string of the molecule is C=C(O)CN1CCN(CCCOc2cc(CN(Cc3ccccn3)Cc3ccccn3)cc(CN(Cc3ccccn3)Cc3ccccn3)c2)CCN(CC(=O)O)CCN(CC(=O)O)CC1.[Gd]. The zero-order chi connectivity index (χ0) is 46.4. The smallest absolute Gasteiger partial charge is 0.317 e. The molecule has 0 unspecified atom stereocenters. The van der Waals surface area contributed by atoms with E-state index in [4.69, 9.17) is 4.74 Å². The molecule has 0 atom stereocenters. The Hall–Kier alpha value is -4.82. The minimum atomic E-state index is -0.937. The molecule has 6 rings (SSSR count). The number of hydrogen-bond donors (Lipinski definition) is 3. The first-order valence-corrected chi connectivity index (χ1v) is 22.6. The quantitative estimate of drug-likeness (QED) is 0.0595. The van der Waals surface area contributed by atoms with E-state index >= 15 is 0 Å². The number of aliphatic carboxylic acids is 2. The number of ether oxygens (including phenoxy) is 1. The van der Waals surface area contributed by atoms with E-state index in [1.165, 1.54) is 0 Å². The Morgan fingerprint density at radius 3 is 1.21 bits per heavy atom. The number of carboxylic acids is 2. The molecule has 5 heterocycles. The number of pyridine rings is 4. The first-order chi connectivity index (χ1) is 32.1. The number of aliphatic hydroxyl groups is 1. The number of carbonyl (C=O) groups is 2. The maximum Gasteiger partial charge on any atom is 0.317 e. The van der Waals surface area contributed by atoms with E-state index in [0.29, 0.717) is 111 Å². The van der Waals surface area contributed by atoms with Crippen molar-refractivity contribution in [2.75, 3.05) is 85.1 Å². The molecular formula is C50H64GdN10O6. The number of nitrogens with zero attached hydrogens (tertiary/aromatic N) is 10. The van der Waals surface area contributed by atoms with Gasteiger partial charge in [-0.25, -0.2) is 0 Å². The predicted octanol–water partition coefficient (Wildman–Crippen LogP) is 4.90. The van der Waals surface area contributed by atoms with Gasteiger partial charge in [0.15, 0.2) is 0 Å². The Balaban J connectivity index is 0.00000840. The molecular weight excluding hydrogens is 994 g/mol. The van der Waals surface area contributed by atoms with Crippen LogP contribution in [0.15, 0.2) is 128 Å². The van der Waals surface area contributed by atoms with E-state index in [1.807, 2.05) is 107 Å². The van der Waals surface area contributed by atoms with Crippen molar-refractivity contribution >= 4 is 11.9 Å². The van der Waals surface area contributed by atoms with E-state index in [-0.39, 0.29) is 65.3 Å². The van der Waals surface area contributed by atoms with Crippen LogP contribution >= 0.6 is 0 Å². The molecule has 1 aliphatic heterocycles. The number of carboxylic acid groups (broad SMARTS) is 2. The van der Waals surface area contributed by atoms with E-state index in [0.717, 1.165) is 39.7 Å². The number of rotatable bonds is 23. The van der Waals surface area contributed by atoms with Gasteiger partial charge in [-0.05, 0) is 78.2 Å². The number of benzene rings is 1. The van der Waals surface area contributed by atoms with Gasteiger partial charge in [-0.15, -0.1) is 0 Å². The summed E-state index contributed by atoms with van der Waals surface area (Å²) >= 11 is 0. The van der Waals surface area contributed by atoms with Crippen LogP contribution in [0.25, 0.3) is 0 Å². The fourth-order valence-electron chi connectivity index (χ4n) is 8.12. The average molecular weight is 1060 g/mol. The van der Waals surface area contributed by atoms with Crippen molar-refractivity contribution < 1.29 is 69.6 Å². The third kappa shape index (κ3) is 20.5. The largest absolute Gasteiger partial charge is 0.512 e. The summed E-state index contributed by atoms with van der Waals surface area (Å²) in [5, 5.41) is 29.4. The molecule has 5 aromatic rings. The number of aromatic nitrogens is 4. The number of hydrogen-bond acceptors (Lipinski definition) is 14. The molecule has 1 fully saturated rings. The Kier molecular flexibility index (Phi) is 23.1. The van der Waals surface area contributed by atoms with Crippen LogP contribution in [0.5, 0.6) is 5.75 Å². The van der Waals surface area contributed by atoms with Gasteiger partial charge < -0.3 is 25.0 Å². The average Bonchev–Trinajstić information content (AvgIpc) is 3.29. The molecule has 0 spiro atoms. The molecule has 3 N–H and O–H groups in total. The van der Waals surface area contributed by atoms with Gasteiger partial charge in [0.2, 0.25) is 0 Å². The van der Waals surface area contributed by atoms with Crippen LogP contribution in [-0.2, 0) is 48.9 Å². The first kappa shape index (κ1) is 53.1. The third-order valence-electron chi connectivity index (χ3n) is 11.2. The van der Waals surface area contributed by atoms with Crippen LogP contribution in [0.1, 0.15) is 40.3 Å². The van der Waals surface area contributed by atoms with E-state index in [2.05, 4.69) is 64.3 Å². The summed E-state index contributed by atoms with van der Waals surface area (Å²) in [6, 6.07) is 30.4. The molecule has 67 heavy (non-hydrogen) atoms. The minimum absolute atomic E-state index is 0. The normalized spacial score (nSPS) is 14.8. The molecule has 0 bridgehead atoms. The maximum atomic E-state index is 11.8. The Bertz CT molecular complexity index is 2000. The molecule has 0 saturated carbocycles. The van der Waals surface area contributed by atoms with Crippen molar-refractivity contribution in [1.29, 1.82) is 0 Å². The molecule has 4 aromatic heterocycles. The molecule has 0 amide bonds. The van der Waals surface area contributed by atoms with Crippen LogP contribution in [0.4, 0.5) is 0 Å². The molecule has 1 aliphatic rings. The molecule has 1 aromatic carbocycles. The fraction of sp³-hybridized carbons (Fsp3) is 0.400. The van der Waals surface area contributed by atoms with Gasteiger partial charge in [0.1, 0.15) is 5.75 Å². The predicted molar refractivity (Wildman–Crippen MR) is 252 cm³/mol. The van der Waals surface area contributed by atoms with Crippen LogP contribution in [0.2, 0.25) is 0 Å². The number of aliphatic hydroxyl groups excluding tert-OH is 1. The summed E-state index contributed by atoms with van der Waals surface area (Å²) in [7, 11) is 0. The summed E-state index contributed by atoms with van der Waals surface area (Å²) in [5.41, 5.74) is 6.06. The summed E-state index contributed by atoms with van der Waals surface area (Å²) in [6.07, 6.45) is 8.01. The van der Waals surface area contributed by atoms with Gasteiger partial charge in [-0.3, -0.25) is 54.0 Å². The van der Waals surface area contributed by atoms with Crippen LogP contribution < -0.4 is 4.74 Å². The monoisotopic (exact) mass is 1060 g/mol. The standard InChI is InChI=1S/C50H64N10O6.Gd/c1-41(61)32-56-22-20-55(21-23-57(39-49(62)63)26-27-58(25-24-56)40-50(64)65)19-10-28-66-48-30-42(33-59(35-44-11-2-6-15-51-44)36-45-12-3-7-16-52-45)29-43(31-48)34-60(37-46-13-4-8-17-53-46)38-47-14-5-9-18-54-47;/h2-9,11-18,29-31,61H,1,10,19-28,32-40H2,(H,62,63)(H,64,65);. The van der Waals surface area contributed by atoms with Crippen molar-refractivity contribution in [1.82, 2.24) is 49.3 Å². The zero-order valence-electron chi connectivity index (χ0n) is 38.2. The fourth-order valence-corrected chi connectivity index (χ4v) is 8.12. The summed E-state index contributed by atoms with van der Waals surface area (Å²) in [5.74, 6) is -1.04. The van der Waals surface area contributed by atoms with E-state index in [1.54, 1.807) is 0 Å². The van der Waals surface area contributed by atoms with Gasteiger partial charge in [0, 0.05) is 163 Å². The molecule has 17 heteroatoms. The van der Waals surface area contributed by atoms with Gasteiger partial charge in [0.05, 0.1) is 54.8 Å². The van der Waals surface area contributed by atoms with Gasteiger partial charge in [-0.1, -0.05) is 36.9 Å². The molecule has 1 saturated heterocycles. The minimum Gasteiger partial charge on any atom is -0.512 e. The topological polar surface area (TPSA) is 175 Å². The summed E-state index contributed by atoms with van der Waals surface area (Å²) < 4.78 is 6.63. The second kappa shape index (κ2) is 29.2. The van der Waals surface area contributed by atoms with Crippen LogP contribution in [0, 0.1) is 39.9 Å². The third-order valence-corrected chi connectivity index (χ3v) is 11.2.